The number of benzene rings is 2. The standard InChI is InChI=1S/C20H16ClF3N4O3S/c1-9(18(26)30)28(14-7-4-11(21)8-13(14)22)20-27-17(25)16(32-20)15(29)10-2-5-12(6-3-10)31-19(23)24/h2-9,19H,25H2,1H3,(H2,26,30). The maximum Gasteiger partial charge on any atom is 0.387 e. The second-order valence-electron chi connectivity index (χ2n) is 6.49. The molecule has 1 heterocycles. The van der Waals surface area contributed by atoms with Crippen molar-refractivity contribution in [2.24, 2.45) is 5.73 Å². The largest absolute Gasteiger partial charge is 0.435 e. The topological polar surface area (TPSA) is 112 Å². The van der Waals surface area contributed by atoms with E-state index in [0.29, 0.717) is 0 Å². The van der Waals surface area contributed by atoms with Gasteiger partial charge in [0.05, 0.1) is 5.69 Å². The van der Waals surface area contributed by atoms with E-state index in [0.717, 1.165) is 17.4 Å². The van der Waals surface area contributed by atoms with Gasteiger partial charge < -0.3 is 21.1 Å². The smallest absolute Gasteiger partial charge is 0.387 e. The van der Waals surface area contributed by atoms with Crippen LogP contribution in [0.1, 0.15) is 22.2 Å². The molecule has 12 heteroatoms. The average molecular weight is 485 g/mol. The van der Waals surface area contributed by atoms with E-state index in [4.69, 9.17) is 23.1 Å². The highest BCUT2D eigenvalue weighted by Crippen LogP contribution is 2.37. The first-order valence-electron chi connectivity index (χ1n) is 8.98. The second-order valence-corrected chi connectivity index (χ2v) is 7.90. The number of anilines is 3. The highest BCUT2D eigenvalue weighted by Gasteiger charge is 2.29. The molecule has 1 unspecified atom stereocenters. The summed E-state index contributed by atoms with van der Waals surface area (Å²) in [4.78, 5) is 30.1. The van der Waals surface area contributed by atoms with Crippen molar-refractivity contribution in [1.29, 1.82) is 0 Å². The van der Waals surface area contributed by atoms with Crippen molar-refractivity contribution in [1.82, 2.24) is 4.98 Å². The maximum absolute atomic E-state index is 14.6. The molecule has 0 saturated carbocycles. The molecular formula is C20H16ClF3N4O3S. The quantitative estimate of drug-likeness (QED) is 0.459. The third kappa shape index (κ3) is 4.94. The van der Waals surface area contributed by atoms with Crippen molar-refractivity contribution in [2.45, 2.75) is 19.6 Å². The van der Waals surface area contributed by atoms with E-state index in [1.165, 1.54) is 48.2 Å². The van der Waals surface area contributed by atoms with Crippen molar-refractivity contribution in [3.8, 4) is 5.75 Å². The Kier molecular flexibility index (Phi) is 6.90. The van der Waals surface area contributed by atoms with Crippen LogP contribution in [0.4, 0.5) is 29.8 Å². The lowest BCUT2D eigenvalue weighted by Gasteiger charge is -2.27. The molecule has 3 rings (SSSR count). The number of primary amides is 1. The van der Waals surface area contributed by atoms with Crippen LogP contribution in [0.25, 0.3) is 0 Å². The minimum Gasteiger partial charge on any atom is -0.435 e. The van der Waals surface area contributed by atoms with E-state index in [2.05, 4.69) is 9.72 Å². The number of hydrogen-bond acceptors (Lipinski definition) is 7. The molecule has 0 radical (unpaired) electrons. The Morgan fingerprint density at radius 3 is 2.41 bits per heavy atom. The minimum atomic E-state index is -3.00. The molecule has 4 N–H and O–H groups in total. The van der Waals surface area contributed by atoms with Crippen molar-refractivity contribution in [3.63, 3.8) is 0 Å². The molecule has 1 aromatic heterocycles. The summed E-state index contributed by atoms with van der Waals surface area (Å²) in [6.07, 6.45) is 0. The fraction of sp³-hybridized carbons (Fsp3) is 0.150. The van der Waals surface area contributed by atoms with E-state index in [9.17, 15) is 22.8 Å². The highest BCUT2D eigenvalue weighted by molar-refractivity contribution is 7.18. The molecule has 0 aliphatic heterocycles. The van der Waals surface area contributed by atoms with Gasteiger partial charge in [0.25, 0.3) is 0 Å². The van der Waals surface area contributed by atoms with Crippen LogP contribution >= 0.6 is 22.9 Å². The molecule has 168 valence electrons. The minimum absolute atomic E-state index is 0.0126. The molecule has 0 bridgehead atoms. The Bertz CT molecular complexity index is 1160. The zero-order chi connectivity index (χ0) is 23.6. The molecule has 2 aromatic carbocycles. The van der Waals surface area contributed by atoms with Gasteiger partial charge in [-0.3, -0.25) is 9.59 Å². The average Bonchev–Trinajstić information content (AvgIpc) is 3.10. The molecule has 1 atom stereocenters. The highest BCUT2D eigenvalue weighted by atomic mass is 35.5. The SMILES string of the molecule is CC(C(N)=O)N(c1nc(N)c(C(=O)c2ccc(OC(F)F)cc2)s1)c1ccc(Cl)cc1F. The molecule has 3 aromatic rings. The number of amides is 1. The number of nitrogens with zero attached hydrogens (tertiary/aromatic N) is 2. The predicted molar refractivity (Wildman–Crippen MR) is 115 cm³/mol. The van der Waals surface area contributed by atoms with Crippen LogP contribution < -0.4 is 21.1 Å². The molecule has 32 heavy (non-hydrogen) atoms. The van der Waals surface area contributed by atoms with Gasteiger partial charge in [0.2, 0.25) is 11.7 Å². The molecule has 0 spiro atoms. The number of halogens is 4. The van der Waals surface area contributed by atoms with Crippen LogP contribution in [0.5, 0.6) is 5.75 Å². The summed E-state index contributed by atoms with van der Waals surface area (Å²) in [5, 5.41) is 0.197. The van der Waals surface area contributed by atoms with E-state index >= 15 is 0 Å². The second kappa shape index (κ2) is 9.45. The van der Waals surface area contributed by atoms with Crippen LogP contribution in [0.15, 0.2) is 42.5 Å². The number of rotatable bonds is 8. The van der Waals surface area contributed by atoms with Gasteiger partial charge in [0.1, 0.15) is 28.3 Å². The van der Waals surface area contributed by atoms with Gasteiger partial charge in [0, 0.05) is 10.6 Å². The number of hydrogen-bond donors (Lipinski definition) is 2. The molecule has 1 amide bonds. The summed E-state index contributed by atoms with van der Waals surface area (Å²) in [5.74, 6) is -2.32. The third-order valence-electron chi connectivity index (χ3n) is 4.36. The summed E-state index contributed by atoms with van der Waals surface area (Å²) in [6.45, 7) is -1.56. The Hall–Kier alpha value is -3.31. The van der Waals surface area contributed by atoms with Gasteiger partial charge in [-0.2, -0.15) is 8.78 Å². The number of ketones is 1. The number of thiazole rings is 1. The third-order valence-corrected chi connectivity index (χ3v) is 5.67. The Labute approximate surface area is 189 Å². The zero-order valence-corrected chi connectivity index (χ0v) is 18.0. The van der Waals surface area contributed by atoms with Gasteiger partial charge in [0.15, 0.2) is 5.13 Å². The molecule has 0 saturated heterocycles. The lowest BCUT2D eigenvalue weighted by Crippen LogP contribution is -2.40. The van der Waals surface area contributed by atoms with Crippen LogP contribution in [-0.4, -0.2) is 29.3 Å². The van der Waals surface area contributed by atoms with Crippen LogP contribution in [-0.2, 0) is 4.79 Å². The monoisotopic (exact) mass is 484 g/mol. The summed E-state index contributed by atoms with van der Waals surface area (Å²) >= 11 is 6.63. The van der Waals surface area contributed by atoms with Gasteiger partial charge in [-0.05, 0) is 49.4 Å². The lowest BCUT2D eigenvalue weighted by molar-refractivity contribution is -0.118. The summed E-state index contributed by atoms with van der Waals surface area (Å²) < 4.78 is 43.5. The number of aromatic nitrogens is 1. The fourth-order valence-corrected chi connectivity index (χ4v) is 3.99. The van der Waals surface area contributed by atoms with Crippen molar-refractivity contribution in [3.05, 3.63) is 63.7 Å². The first-order valence-corrected chi connectivity index (χ1v) is 10.2. The van der Waals surface area contributed by atoms with E-state index < -0.39 is 30.2 Å². The van der Waals surface area contributed by atoms with Crippen LogP contribution in [0, 0.1) is 5.82 Å². The van der Waals surface area contributed by atoms with Gasteiger partial charge in [-0.25, -0.2) is 9.37 Å². The molecule has 0 fully saturated rings. The van der Waals surface area contributed by atoms with Crippen LogP contribution in [0.3, 0.4) is 0 Å². The fourth-order valence-electron chi connectivity index (χ4n) is 2.79. The molecule has 0 aliphatic rings. The van der Waals surface area contributed by atoms with Crippen molar-refractivity contribution in [2.75, 3.05) is 10.6 Å². The normalized spacial score (nSPS) is 11.9. The number of alkyl halides is 2. The molecule has 7 nitrogen and oxygen atoms in total. The van der Waals surface area contributed by atoms with Gasteiger partial charge >= 0.3 is 6.61 Å². The zero-order valence-electron chi connectivity index (χ0n) is 16.4. The first-order chi connectivity index (χ1) is 15.1. The Morgan fingerprint density at radius 1 is 1.19 bits per heavy atom. The Morgan fingerprint density at radius 2 is 1.84 bits per heavy atom. The number of ether oxygens (including phenoxy) is 1. The summed E-state index contributed by atoms with van der Waals surface area (Å²) in [5.41, 5.74) is 11.4. The summed E-state index contributed by atoms with van der Waals surface area (Å²) in [6, 6.07) is 7.80. The number of nitrogen functional groups attached to an aromatic ring is 1. The number of nitrogens with two attached hydrogens (primary N) is 2. The lowest BCUT2D eigenvalue weighted by atomic mass is 10.1. The van der Waals surface area contributed by atoms with Crippen molar-refractivity contribution >= 4 is 51.3 Å². The molecular weight excluding hydrogens is 469 g/mol. The van der Waals surface area contributed by atoms with E-state index in [-0.39, 0.29) is 37.8 Å². The summed E-state index contributed by atoms with van der Waals surface area (Å²) in [7, 11) is 0. The van der Waals surface area contributed by atoms with Crippen LogP contribution in [0.2, 0.25) is 5.02 Å². The van der Waals surface area contributed by atoms with Gasteiger partial charge in [-0.1, -0.05) is 22.9 Å². The maximum atomic E-state index is 14.6. The van der Waals surface area contributed by atoms with E-state index in [1.807, 2.05) is 0 Å². The molecule has 0 aliphatic carbocycles. The predicted octanol–water partition coefficient (Wildman–Crippen LogP) is 4.36. The van der Waals surface area contributed by atoms with Crippen molar-refractivity contribution < 1.29 is 27.5 Å². The van der Waals surface area contributed by atoms with E-state index in [1.54, 1.807) is 0 Å². The number of carbonyl (C=O) groups excluding carboxylic acids is 2. The van der Waals surface area contributed by atoms with Gasteiger partial charge in [-0.15, -0.1) is 0 Å². The Balaban J connectivity index is 1.99. The first kappa shape index (κ1) is 23.4. The number of carbonyl (C=O) groups is 2.